The molecule has 0 fully saturated rings. The quantitative estimate of drug-likeness (QED) is 0.687. The number of nitrogens with zero attached hydrogens (tertiary/aromatic N) is 2. The number of aryl methyl sites for hydroxylation is 1. The second kappa shape index (κ2) is 5.82. The molecule has 1 N–H and O–H groups in total. The maximum absolute atomic E-state index is 12.5. The lowest BCUT2D eigenvalue weighted by Crippen LogP contribution is -2.18. The number of alkyl halides is 3. The van der Waals surface area contributed by atoms with E-state index in [2.05, 4.69) is 10.5 Å². The molecule has 0 atom stereocenters. The average Bonchev–Trinajstić information content (AvgIpc) is 2.83. The van der Waals surface area contributed by atoms with Crippen LogP contribution in [0.1, 0.15) is 21.6 Å². The number of aromatic nitrogens is 1. The number of benzene rings is 1. The van der Waals surface area contributed by atoms with Gasteiger partial charge in [-0.2, -0.15) is 18.3 Å². The fourth-order valence-electron chi connectivity index (χ4n) is 1.67. The fourth-order valence-corrected chi connectivity index (χ4v) is 1.67. The Kier molecular flexibility index (Phi) is 4.11. The number of carbonyl (C=O) groups is 1. The number of carbonyl (C=O) groups excluding carboxylic acids is 1. The van der Waals surface area contributed by atoms with Crippen molar-refractivity contribution in [2.45, 2.75) is 6.18 Å². The molecule has 0 radical (unpaired) electrons. The maximum atomic E-state index is 12.5. The van der Waals surface area contributed by atoms with Gasteiger partial charge in [-0.05, 0) is 30.3 Å². The second-order valence-electron chi connectivity index (χ2n) is 4.32. The molecule has 0 saturated carbocycles. The summed E-state index contributed by atoms with van der Waals surface area (Å²) < 4.78 is 39.4. The molecule has 1 aromatic carbocycles. The molecule has 0 spiro atoms. The molecule has 110 valence electrons. The van der Waals surface area contributed by atoms with Crippen LogP contribution in [0.5, 0.6) is 0 Å². The zero-order valence-corrected chi connectivity index (χ0v) is 11.1. The van der Waals surface area contributed by atoms with Crippen molar-refractivity contribution in [3.8, 4) is 0 Å². The van der Waals surface area contributed by atoms with E-state index in [1.165, 1.54) is 18.3 Å². The second-order valence-corrected chi connectivity index (χ2v) is 4.32. The molecular weight excluding hydrogens is 283 g/mol. The topological polar surface area (TPSA) is 46.4 Å². The fraction of sp³-hybridized carbons (Fsp3) is 0.143. The highest BCUT2D eigenvalue weighted by atomic mass is 19.4. The number of nitrogens with one attached hydrogen (secondary N) is 1. The van der Waals surface area contributed by atoms with Crippen molar-refractivity contribution < 1.29 is 18.0 Å². The van der Waals surface area contributed by atoms with Gasteiger partial charge in [-0.3, -0.25) is 4.79 Å². The Morgan fingerprint density at radius 1 is 1.29 bits per heavy atom. The number of amides is 1. The average molecular weight is 295 g/mol. The molecule has 2 rings (SSSR count). The molecule has 0 aliphatic rings. The van der Waals surface area contributed by atoms with Gasteiger partial charge >= 0.3 is 6.18 Å². The predicted octanol–water partition coefficient (Wildman–Crippen LogP) is 2.81. The lowest BCUT2D eigenvalue weighted by molar-refractivity contribution is -0.137. The van der Waals surface area contributed by atoms with Gasteiger partial charge in [0.25, 0.3) is 5.91 Å². The van der Waals surface area contributed by atoms with Gasteiger partial charge in [0.2, 0.25) is 0 Å². The highest BCUT2D eigenvalue weighted by molar-refractivity contribution is 5.94. The van der Waals surface area contributed by atoms with Crippen LogP contribution < -0.4 is 5.43 Å². The van der Waals surface area contributed by atoms with E-state index >= 15 is 0 Å². The minimum absolute atomic E-state index is 0.103. The largest absolute Gasteiger partial charge is 0.416 e. The van der Waals surface area contributed by atoms with Crippen molar-refractivity contribution in [1.29, 1.82) is 0 Å². The summed E-state index contributed by atoms with van der Waals surface area (Å²) in [6.45, 7) is 0. The molecule has 1 heterocycles. The van der Waals surface area contributed by atoms with E-state index in [4.69, 9.17) is 0 Å². The van der Waals surface area contributed by atoms with Crippen LogP contribution in [-0.4, -0.2) is 16.7 Å². The summed E-state index contributed by atoms with van der Waals surface area (Å²) in [7, 11) is 1.80. The van der Waals surface area contributed by atoms with Crippen molar-refractivity contribution in [2.75, 3.05) is 0 Å². The normalized spacial score (nSPS) is 11.8. The minimum Gasteiger partial charge on any atom is -0.350 e. The zero-order valence-electron chi connectivity index (χ0n) is 11.1. The van der Waals surface area contributed by atoms with Crippen molar-refractivity contribution in [3.05, 3.63) is 59.4 Å². The van der Waals surface area contributed by atoms with Gasteiger partial charge in [-0.15, -0.1) is 0 Å². The van der Waals surface area contributed by atoms with Crippen LogP contribution in [0.3, 0.4) is 0 Å². The molecule has 0 aliphatic heterocycles. The number of halogens is 3. The summed E-state index contributed by atoms with van der Waals surface area (Å²) in [5, 5.41) is 3.72. The van der Waals surface area contributed by atoms with Gasteiger partial charge in [-0.25, -0.2) is 5.43 Å². The molecule has 21 heavy (non-hydrogen) atoms. The van der Waals surface area contributed by atoms with Gasteiger partial charge in [0.1, 0.15) is 0 Å². The van der Waals surface area contributed by atoms with E-state index in [-0.39, 0.29) is 5.56 Å². The van der Waals surface area contributed by atoms with Crippen LogP contribution >= 0.6 is 0 Å². The van der Waals surface area contributed by atoms with Gasteiger partial charge < -0.3 is 4.57 Å². The van der Waals surface area contributed by atoms with Crippen LogP contribution in [0, 0.1) is 0 Å². The maximum Gasteiger partial charge on any atom is 0.416 e. The molecule has 1 aromatic heterocycles. The molecule has 0 bridgehead atoms. The standard InChI is InChI=1S/C14H12F3N3O/c1-20-7-3-6-12(20)9-18-19-13(21)10-4-2-5-11(8-10)14(15,16)17/h2-9H,1H3,(H,19,21)/b18-9-. The minimum atomic E-state index is -4.48. The highest BCUT2D eigenvalue weighted by Gasteiger charge is 2.30. The van der Waals surface area contributed by atoms with Crippen LogP contribution in [0.15, 0.2) is 47.7 Å². The van der Waals surface area contributed by atoms with E-state index in [0.29, 0.717) is 0 Å². The third kappa shape index (κ3) is 3.71. The number of hydrogen-bond acceptors (Lipinski definition) is 2. The van der Waals surface area contributed by atoms with Gasteiger partial charge in [0.15, 0.2) is 0 Å². The van der Waals surface area contributed by atoms with E-state index in [0.717, 1.165) is 17.8 Å². The molecule has 7 heteroatoms. The Morgan fingerprint density at radius 3 is 2.67 bits per heavy atom. The highest BCUT2D eigenvalue weighted by Crippen LogP contribution is 2.29. The summed E-state index contributed by atoms with van der Waals surface area (Å²) in [6, 6.07) is 7.74. The van der Waals surface area contributed by atoms with E-state index in [1.54, 1.807) is 29.9 Å². The van der Waals surface area contributed by atoms with Crippen LogP contribution in [-0.2, 0) is 13.2 Å². The SMILES string of the molecule is Cn1cccc1/C=N\NC(=O)c1cccc(C(F)(F)F)c1. The van der Waals surface area contributed by atoms with Gasteiger partial charge in [0, 0.05) is 18.8 Å². The number of hydrogen-bond donors (Lipinski definition) is 1. The third-order valence-electron chi connectivity index (χ3n) is 2.80. The van der Waals surface area contributed by atoms with Crippen LogP contribution in [0.2, 0.25) is 0 Å². The third-order valence-corrected chi connectivity index (χ3v) is 2.80. The Labute approximate surface area is 118 Å². The molecular formula is C14H12F3N3O. The summed E-state index contributed by atoms with van der Waals surface area (Å²) >= 11 is 0. The van der Waals surface area contributed by atoms with Gasteiger partial charge in [0.05, 0.1) is 17.5 Å². The number of rotatable bonds is 3. The molecule has 0 unspecified atom stereocenters. The molecule has 0 aliphatic carbocycles. The monoisotopic (exact) mass is 295 g/mol. The summed E-state index contributed by atoms with van der Waals surface area (Å²) in [4.78, 5) is 11.7. The summed E-state index contributed by atoms with van der Waals surface area (Å²) in [5.41, 5.74) is 1.97. The Balaban J connectivity index is 2.07. The predicted molar refractivity (Wildman–Crippen MR) is 71.9 cm³/mol. The molecule has 0 saturated heterocycles. The summed E-state index contributed by atoms with van der Waals surface area (Å²) in [6.07, 6.45) is -1.27. The molecule has 2 aromatic rings. The van der Waals surface area contributed by atoms with Crippen LogP contribution in [0.25, 0.3) is 0 Å². The first-order valence-electron chi connectivity index (χ1n) is 6.00. The first-order valence-corrected chi connectivity index (χ1v) is 6.00. The Hall–Kier alpha value is -2.57. The van der Waals surface area contributed by atoms with Crippen molar-refractivity contribution in [2.24, 2.45) is 12.1 Å². The van der Waals surface area contributed by atoms with E-state index < -0.39 is 17.6 Å². The van der Waals surface area contributed by atoms with E-state index in [1.807, 2.05) is 0 Å². The van der Waals surface area contributed by atoms with Gasteiger partial charge in [-0.1, -0.05) is 6.07 Å². The van der Waals surface area contributed by atoms with Crippen LogP contribution in [0.4, 0.5) is 13.2 Å². The molecule has 4 nitrogen and oxygen atoms in total. The zero-order chi connectivity index (χ0) is 15.5. The molecule has 1 amide bonds. The lowest BCUT2D eigenvalue weighted by atomic mass is 10.1. The Bertz CT molecular complexity index is 674. The van der Waals surface area contributed by atoms with Crippen molar-refractivity contribution in [3.63, 3.8) is 0 Å². The van der Waals surface area contributed by atoms with Crippen molar-refractivity contribution >= 4 is 12.1 Å². The Morgan fingerprint density at radius 2 is 2.05 bits per heavy atom. The smallest absolute Gasteiger partial charge is 0.350 e. The summed E-state index contributed by atoms with van der Waals surface area (Å²) in [5.74, 6) is -0.702. The first-order chi connectivity index (χ1) is 9.88. The first kappa shape index (κ1) is 14.8. The lowest BCUT2D eigenvalue weighted by Gasteiger charge is -2.07. The van der Waals surface area contributed by atoms with Crippen molar-refractivity contribution in [1.82, 2.24) is 9.99 Å². The van der Waals surface area contributed by atoms with E-state index in [9.17, 15) is 18.0 Å². The number of hydrazone groups is 1.